The van der Waals surface area contributed by atoms with E-state index in [0.29, 0.717) is 12.1 Å². The van der Waals surface area contributed by atoms with Crippen LogP contribution < -0.4 is 4.74 Å². The lowest BCUT2D eigenvalue weighted by Crippen LogP contribution is -2.44. The van der Waals surface area contributed by atoms with Gasteiger partial charge in [0.1, 0.15) is 5.75 Å². The maximum absolute atomic E-state index is 12.2. The lowest BCUT2D eigenvalue weighted by molar-refractivity contribution is -0.122. The lowest BCUT2D eigenvalue weighted by atomic mass is 10.2. The Kier molecular flexibility index (Phi) is 8.11. The van der Waals surface area contributed by atoms with Crippen LogP contribution in [0.4, 0.5) is 5.69 Å². The van der Waals surface area contributed by atoms with E-state index >= 15 is 0 Å². The van der Waals surface area contributed by atoms with Crippen LogP contribution in [0.2, 0.25) is 0 Å². The van der Waals surface area contributed by atoms with E-state index in [-0.39, 0.29) is 18.2 Å². The van der Waals surface area contributed by atoms with Crippen LogP contribution >= 0.6 is 15.9 Å². The van der Waals surface area contributed by atoms with Gasteiger partial charge in [-0.3, -0.25) is 14.3 Å². The zero-order chi connectivity index (χ0) is 24.8. The molecule has 0 spiro atoms. The number of likely N-dealkylation sites (N-methyl/N-ethyl adjacent to an activating group) is 1. The number of oxime groups is 1. The third-order valence-corrected chi connectivity index (χ3v) is 6.24. The van der Waals surface area contributed by atoms with Crippen molar-refractivity contribution in [3.63, 3.8) is 0 Å². The predicted octanol–water partition coefficient (Wildman–Crippen LogP) is 3.98. The minimum atomic E-state index is -0.619. The number of aromatic hydroxyl groups is 1. The normalized spacial score (nSPS) is 15.4. The number of azo groups is 1. The lowest BCUT2D eigenvalue weighted by Gasteiger charge is -2.32. The molecule has 4 rings (SSSR count). The van der Waals surface area contributed by atoms with Crippen LogP contribution in [-0.4, -0.2) is 78.5 Å². The first-order chi connectivity index (χ1) is 16.9. The molecular weight excluding hydrogens is 516 g/mol. The van der Waals surface area contributed by atoms with Crippen LogP contribution in [0.5, 0.6) is 11.6 Å². The molecule has 0 radical (unpaired) electrons. The SMILES string of the molecule is COc1ccc(/C=N/OCC(=O)N=Nc2c(O)n(CN3CCN(C)CC3)c3ccc(Br)cc23)cc1. The second-order valence-corrected chi connectivity index (χ2v) is 9.11. The average molecular weight is 543 g/mol. The maximum atomic E-state index is 12.2. The molecule has 1 aromatic heterocycles. The summed E-state index contributed by atoms with van der Waals surface area (Å²) in [5.41, 5.74) is 1.85. The van der Waals surface area contributed by atoms with Gasteiger partial charge in [0.05, 0.1) is 25.5 Å². The van der Waals surface area contributed by atoms with Crippen molar-refractivity contribution < 1.29 is 19.5 Å². The summed E-state index contributed by atoms with van der Waals surface area (Å²) in [4.78, 5) is 21.8. The first-order valence-electron chi connectivity index (χ1n) is 11.1. The standard InChI is InChI=1S/C24H27BrN6O4/c1-29-9-11-30(12-10-29)16-31-21-8-5-18(25)13-20(21)23(24(31)33)28-27-22(32)15-35-26-14-17-3-6-19(34-2)7-4-17/h3-8,13-14,33H,9-12,15-16H2,1-2H3/b26-14+,28-27?. The monoisotopic (exact) mass is 542 g/mol. The molecule has 35 heavy (non-hydrogen) atoms. The van der Waals surface area contributed by atoms with E-state index in [4.69, 9.17) is 9.57 Å². The summed E-state index contributed by atoms with van der Waals surface area (Å²) in [6, 6.07) is 12.9. The number of hydrogen-bond acceptors (Lipinski definition) is 8. The fraction of sp³-hybridized carbons (Fsp3) is 0.333. The van der Waals surface area contributed by atoms with Crippen molar-refractivity contribution in [2.75, 3.05) is 46.9 Å². The maximum Gasteiger partial charge on any atom is 0.304 e. The highest BCUT2D eigenvalue weighted by Gasteiger charge is 2.21. The summed E-state index contributed by atoms with van der Waals surface area (Å²) in [7, 11) is 3.69. The topological polar surface area (TPSA) is 104 Å². The highest BCUT2D eigenvalue weighted by Crippen LogP contribution is 2.40. The fourth-order valence-electron chi connectivity index (χ4n) is 3.74. The number of carbonyl (C=O) groups excluding carboxylic acids is 1. The molecule has 10 nitrogen and oxygen atoms in total. The number of piperazine rings is 1. The van der Waals surface area contributed by atoms with Crippen LogP contribution in [0.3, 0.4) is 0 Å². The number of fused-ring (bicyclic) bond motifs is 1. The van der Waals surface area contributed by atoms with Crippen molar-refractivity contribution in [2.24, 2.45) is 15.4 Å². The number of ether oxygens (including phenoxy) is 1. The molecule has 0 aliphatic carbocycles. The zero-order valence-corrected chi connectivity index (χ0v) is 21.2. The van der Waals surface area contributed by atoms with E-state index < -0.39 is 5.91 Å². The number of nitrogens with zero attached hydrogens (tertiary/aromatic N) is 6. The number of benzene rings is 2. The van der Waals surface area contributed by atoms with Gasteiger partial charge in [0.15, 0.2) is 12.3 Å². The summed E-state index contributed by atoms with van der Waals surface area (Å²) in [6.07, 6.45) is 1.49. The molecule has 0 unspecified atom stereocenters. The number of aromatic nitrogens is 1. The largest absolute Gasteiger partial charge is 0.497 e. The summed E-state index contributed by atoms with van der Waals surface area (Å²) >= 11 is 3.47. The van der Waals surface area contributed by atoms with Gasteiger partial charge in [-0.15, -0.1) is 10.2 Å². The van der Waals surface area contributed by atoms with Gasteiger partial charge in [-0.1, -0.05) is 21.1 Å². The number of rotatable bonds is 8. The quantitative estimate of drug-likeness (QED) is 0.262. The molecule has 0 bridgehead atoms. The molecule has 184 valence electrons. The van der Waals surface area contributed by atoms with Crippen LogP contribution in [0.25, 0.3) is 10.9 Å². The van der Waals surface area contributed by atoms with Crippen LogP contribution in [0.1, 0.15) is 5.56 Å². The Bertz CT molecular complexity index is 1230. The predicted molar refractivity (Wildman–Crippen MR) is 136 cm³/mol. The third kappa shape index (κ3) is 6.24. The number of methoxy groups -OCH3 is 1. The van der Waals surface area contributed by atoms with Crippen LogP contribution in [-0.2, 0) is 16.3 Å². The zero-order valence-electron chi connectivity index (χ0n) is 19.6. The average Bonchev–Trinajstić information content (AvgIpc) is 3.12. The molecule has 1 aliphatic heterocycles. The fourth-order valence-corrected chi connectivity index (χ4v) is 4.10. The Morgan fingerprint density at radius 3 is 2.60 bits per heavy atom. The first-order valence-corrected chi connectivity index (χ1v) is 11.9. The molecule has 1 fully saturated rings. The molecule has 0 atom stereocenters. The van der Waals surface area contributed by atoms with Crippen molar-refractivity contribution >= 4 is 44.6 Å². The third-order valence-electron chi connectivity index (χ3n) is 5.75. The van der Waals surface area contributed by atoms with Gasteiger partial charge in [0.2, 0.25) is 5.88 Å². The summed E-state index contributed by atoms with van der Waals surface area (Å²) in [5.74, 6) is 0.0806. The smallest absolute Gasteiger partial charge is 0.304 e. The number of halogens is 1. The van der Waals surface area contributed by atoms with E-state index in [0.717, 1.165) is 47.5 Å². The molecule has 2 aromatic carbocycles. The Labute approximate surface area is 211 Å². The van der Waals surface area contributed by atoms with Gasteiger partial charge in [-0.05, 0) is 55.1 Å². The second-order valence-electron chi connectivity index (χ2n) is 8.20. The van der Waals surface area contributed by atoms with E-state index in [2.05, 4.69) is 48.2 Å². The van der Waals surface area contributed by atoms with E-state index in [1.807, 2.05) is 30.3 Å². The Morgan fingerprint density at radius 2 is 1.89 bits per heavy atom. The summed E-state index contributed by atoms with van der Waals surface area (Å²) in [6.45, 7) is 3.87. The molecule has 1 aliphatic rings. The molecule has 0 saturated carbocycles. The summed E-state index contributed by atoms with van der Waals surface area (Å²) in [5, 5.41) is 23.2. The van der Waals surface area contributed by atoms with Gasteiger partial charge in [-0.25, -0.2) is 0 Å². The first kappa shape index (κ1) is 24.8. The molecule has 3 aromatic rings. The van der Waals surface area contributed by atoms with Crippen LogP contribution in [0, 0.1) is 0 Å². The van der Waals surface area contributed by atoms with E-state index in [1.54, 1.807) is 23.8 Å². The van der Waals surface area contributed by atoms with Crippen molar-refractivity contribution in [2.45, 2.75) is 6.67 Å². The highest BCUT2D eigenvalue weighted by atomic mass is 79.9. The second kappa shape index (κ2) is 11.4. The van der Waals surface area contributed by atoms with Crippen molar-refractivity contribution in [3.8, 4) is 11.6 Å². The Hall–Kier alpha value is -3.28. The van der Waals surface area contributed by atoms with Gasteiger partial charge >= 0.3 is 5.91 Å². The number of amides is 1. The van der Waals surface area contributed by atoms with Gasteiger partial charge in [-0.2, -0.15) is 0 Å². The molecule has 1 saturated heterocycles. The van der Waals surface area contributed by atoms with Gasteiger partial charge in [0, 0.05) is 36.0 Å². The van der Waals surface area contributed by atoms with Crippen molar-refractivity contribution in [1.29, 1.82) is 0 Å². The minimum Gasteiger partial charge on any atom is -0.497 e. The number of carbonyl (C=O) groups is 1. The molecule has 1 N–H and O–H groups in total. The Balaban J connectivity index is 1.44. The highest BCUT2D eigenvalue weighted by molar-refractivity contribution is 9.10. The van der Waals surface area contributed by atoms with E-state index in [9.17, 15) is 9.90 Å². The molecule has 2 heterocycles. The van der Waals surface area contributed by atoms with Gasteiger partial charge < -0.3 is 19.6 Å². The molecule has 11 heteroatoms. The molecule has 1 amide bonds. The van der Waals surface area contributed by atoms with Crippen molar-refractivity contribution in [1.82, 2.24) is 14.4 Å². The van der Waals surface area contributed by atoms with E-state index in [1.165, 1.54) is 6.21 Å². The number of hydrogen-bond donors (Lipinski definition) is 1. The Morgan fingerprint density at radius 1 is 1.14 bits per heavy atom. The summed E-state index contributed by atoms with van der Waals surface area (Å²) < 4.78 is 7.73. The minimum absolute atomic E-state index is 0.0352. The van der Waals surface area contributed by atoms with Gasteiger partial charge in [0.25, 0.3) is 0 Å². The molecular formula is C24H27BrN6O4. The van der Waals surface area contributed by atoms with Crippen LogP contribution in [0.15, 0.2) is 62.3 Å². The van der Waals surface area contributed by atoms with Crippen molar-refractivity contribution in [3.05, 3.63) is 52.5 Å².